The maximum atomic E-state index is 11.8. The van der Waals surface area contributed by atoms with E-state index in [2.05, 4.69) is 0 Å². The van der Waals surface area contributed by atoms with Crippen LogP contribution in [0.25, 0.3) is 0 Å². The highest BCUT2D eigenvalue weighted by Gasteiger charge is 2.54. The maximum absolute atomic E-state index is 11.8. The summed E-state index contributed by atoms with van der Waals surface area (Å²) in [6.07, 6.45) is 10.5. The van der Waals surface area contributed by atoms with Gasteiger partial charge in [-0.25, -0.2) is 0 Å². The fourth-order valence-corrected chi connectivity index (χ4v) is 5.22. The second-order valence-corrected chi connectivity index (χ2v) is 6.81. The lowest BCUT2D eigenvalue weighted by Gasteiger charge is -2.56. The molecule has 0 spiro atoms. The molecule has 3 nitrogen and oxygen atoms in total. The molecule has 0 aromatic rings. The van der Waals surface area contributed by atoms with Gasteiger partial charge in [0.1, 0.15) is 5.76 Å². The lowest BCUT2D eigenvalue weighted by atomic mass is 9.49. The van der Waals surface area contributed by atoms with Gasteiger partial charge >= 0.3 is 0 Å². The van der Waals surface area contributed by atoms with Gasteiger partial charge in [-0.15, -0.1) is 0 Å². The van der Waals surface area contributed by atoms with Crippen molar-refractivity contribution in [2.24, 2.45) is 23.2 Å². The maximum Gasteiger partial charge on any atom is 0.225 e. The first kappa shape index (κ1) is 11.3. The van der Waals surface area contributed by atoms with E-state index < -0.39 is 0 Å². The van der Waals surface area contributed by atoms with Crippen molar-refractivity contribution < 1.29 is 9.53 Å². The van der Waals surface area contributed by atoms with Crippen LogP contribution in [0.4, 0.5) is 0 Å². The molecule has 0 aromatic carbocycles. The van der Waals surface area contributed by atoms with Gasteiger partial charge in [-0.2, -0.15) is 5.26 Å². The van der Waals surface area contributed by atoms with Crippen LogP contribution in [0.3, 0.4) is 0 Å². The number of ether oxygens (including phenoxy) is 1. The second-order valence-electron chi connectivity index (χ2n) is 6.81. The van der Waals surface area contributed by atoms with Gasteiger partial charge in [0, 0.05) is 11.5 Å². The van der Waals surface area contributed by atoms with E-state index in [0.717, 1.165) is 23.5 Å². The Morgan fingerprint density at radius 2 is 1.79 bits per heavy atom. The molecule has 0 aromatic heterocycles. The summed E-state index contributed by atoms with van der Waals surface area (Å²) in [5, 5.41) is 8.68. The average molecular weight is 255 g/mol. The molecule has 3 heteroatoms. The van der Waals surface area contributed by atoms with Crippen molar-refractivity contribution >= 4 is 5.78 Å². The van der Waals surface area contributed by atoms with Crippen LogP contribution in [-0.4, -0.2) is 5.78 Å². The molecule has 4 fully saturated rings. The summed E-state index contributed by atoms with van der Waals surface area (Å²) in [5.74, 6) is 3.43. The number of carbonyl (C=O) groups is 1. The van der Waals surface area contributed by atoms with Gasteiger partial charge in [0.2, 0.25) is 5.78 Å². The molecule has 1 aliphatic heterocycles. The SMILES string of the molecule is N#C/C=C1\OC(C23CC4CC(CC(C4)C2)C3)=CC1=O. The predicted octanol–water partition coefficient (Wildman–Crippen LogP) is 3.09. The monoisotopic (exact) mass is 255 g/mol. The first-order chi connectivity index (χ1) is 9.18. The molecular weight excluding hydrogens is 238 g/mol. The van der Waals surface area contributed by atoms with E-state index in [0.29, 0.717) is 0 Å². The lowest BCUT2D eigenvalue weighted by Crippen LogP contribution is -2.47. The number of nitrogens with zero attached hydrogens (tertiary/aromatic N) is 1. The van der Waals surface area contributed by atoms with Crippen molar-refractivity contribution in [1.29, 1.82) is 5.26 Å². The molecule has 0 amide bonds. The van der Waals surface area contributed by atoms with Crippen molar-refractivity contribution in [1.82, 2.24) is 0 Å². The highest BCUT2D eigenvalue weighted by atomic mass is 16.5. The van der Waals surface area contributed by atoms with Gasteiger partial charge < -0.3 is 4.74 Å². The Labute approximate surface area is 112 Å². The van der Waals surface area contributed by atoms with Crippen LogP contribution in [0.5, 0.6) is 0 Å². The topological polar surface area (TPSA) is 50.1 Å². The van der Waals surface area contributed by atoms with Gasteiger partial charge in [-0.1, -0.05) is 0 Å². The number of nitriles is 1. The predicted molar refractivity (Wildman–Crippen MR) is 68.5 cm³/mol. The summed E-state index contributed by atoms with van der Waals surface area (Å²) in [6.45, 7) is 0. The highest BCUT2D eigenvalue weighted by molar-refractivity contribution is 6.05. The summed E-state index contributed by atoms with van der Waals surface area (Å²) in [4.78, 5) is 11.8. The normalized spacial score (nSPS) is 45.2. The Morgan fingerprint density at radius 1 is 1.21 bits per heavy atom. The summed E-state index contributed by atoms with van der Waals surface area (Å²) >= 11 is 0. The number of rotatable bonds is 1. The Balaban J connectivity index is 1.67. The summed E-state index contributed by atoms with van der Waals surface area (Å²) < 4.78 is 5.75. The third-order valence-electron chi connectivity index (χ3n) is 5.48. The third-order valence-corrected chi connectivity index (χ3v) is 5.48. The van der Waals surface area contributed by atoms with E-state index in [1.54, 1.807) is 6.08 Å². The number of allylic oxidation sites excluding steroid dienone is 3. The minimum atomic E-state index is -0.132. The fraction of sp³-hybridized carbons (Fsp3) is 0.625. The number of ketones is 1. The van der Waals surface area contributed by atoms with Crippen molar-refractivity contribution in [3.05, 3.63) is 23.7 Å². The van der Waals surface area contributed by atoms with Crippen LogP contribution in [0.15, 0.2) is 23.7 Å². The number of carbonyl (C=O) groups excluding carboxylic acids is 1. The highest BCUT2D eigenvalue weighted by Crippen LogP contribution is 2.63. The fourth-order valence-electron chi connectivity index (χ4n) is 5.22. The second kappa shape index (κ2) is 3.72. The molecule has 0 unspecified atom stereocenters. The molecule has 4 aliphatic carbocycles. The Morgan fingerprint density at radius 3 is 2.32 bits per heavy atom. The minimum absolute atomic E-state index is 0.107. The van der Waals surface area contributed by atoms with Crippen molar-refractivity contribution in [3.63, 3.8) is 0 Å². The zero-order valence-electron chi connectivity index (χ0n) is 10.9. The summed E-state index contributed by atoms with van der Waals surface area (Å²) in [7, 11) is 0. The van der Waals surface area contributed by atoms with Crippen molar-refractivity contribution in [3.8, 4) is 6.07 Å². The van der Waals surface area contributed by atoms with E-state index in [1.807, 2.05) is 6.07 Å². The Hall–Kier alpha value is -1.56. The quantitative estimate of drug-likeness (QED) is 0.534. The number of hydrogen-bond acceptors (Lipinski definition) is 3. The molecule has 4 saturated carbocycles. The largest absolute Gasteiger partial charge is 0.456 e. The van der Waals surface area contributed by atoms with Crippen molar-refractivity contribution in [2.75, 3.05) is 0 Å². The van der Waals surface area contributed by atoms with Gasteiger partial charge in [-0.3, -0.25) is 4.79 Å². The van der Waals surface area contributed by atoms with E-state index in [-0.39, 0.29) is 17.0 Å². The molecular formula is C16H17NO2. The zero-order valence-corrected chi connectivity index (χ0v) is 10.9. The van der Waals surface area contributed by atoms with Gasteiger partial charge in [0.25, 0.3) is 0 Å². The molecule has 0 N–H and O–H groups in total. The Bertz CT molecular complexity index is 514. The molecule has 5 rings (SSSR count). The summed E-state index contributed by atoms with van der Waals surface area (Å²) in [6, 6.07) is 1.89. The standard InChI is InChI=1S/C16H17NO2/c17-2-1-14-13(18)6-15(19-14)16-7-10-3-11(8-16)5-12(4-10)9-16/h1,6,10-12H,3-5,7-9H2/b14-1-. The number of hydrogen-bond donors (Lipinski definition) is 0. The van der Waals surface area contributed by atoms with Crippen molar-refractivity contribution in [2.45, 2.75) is 38.5 Å². The molecule has 4 bridgehead atoms. The minimum Gasteiger partial charge on any atom is -0.456 e. The van der Waals surface area contributed by atoms with Crippen LogP contribution < -0.4 is 0 Å². The third kappa shape index (κ3) is 1.59. The van der Waals surface area contributed by atoms with Crippen LogP contribution in [-0.2, 0) is 9.53 Å². The smallest absolute Gasteiger partial charge is 0.225 e. The van der Waals surface area contributed by atoms with Gasteiger partial charge in [0.15, 0.2) is 5.76 Å². The van der Waals surface area contributed by atoms with E-state index in [1.165, 1.54) is 44.6 Å². The Kier molecular flexibility index (Phi) is 2.21. The van der Waals surface area contributed by atoms with Crippen LogP contribution in [0.1, 0.15) is 38.5 Å². The molecule has 0 radical (unpaired) electrons. The summed E-state index contributed by atoms with van der Waals surface area (Å²) in [5.41, 5.74) is 0.107. The first-order valence-electron chi connectivity index (χ1n) is 7.23. The average Bonchev–Trinajstić information content (AvgIpc) is 2.70. The molecule has 1 heterocycles. The van der Waals surface area contributed by atoms with E-state index in [4.69, 9.17) is 10.00 Å². The molecule has 19 heavy (non-hydrogen) atoms. The molecule has 0 saturated heterocycles. The lowest BCUT2D eigenvalue weighted by molar-refractivity contribution is -0.112. The first-order valence-corrected chi connectivity index (χ1v) is 7.23. The molecule has 5 aliphatic rings. The zero-order chi connectivity index (χ0) is 13.0. The van der Waals surface area contributed by atoms with E-state index >= 15 is 0 Å². The van der Waals surface area contributed by atoms with Crippen LogP contribution in [0.2, 0.25) is 0 Å². The molecule has 98 valence electrons. The van der Waals surface area contributed by atoms with E-state index in [9.17, 15) is 4.79 Å². The van der Waals surface area contributed by atoms with Gasteiger partial charge in [-0.05, 0) is 56.3 Å². The molecule has 0 atom stereocenters. The van der Waals surface area contributed by atoms with Crippen LogP contribution in [0, 0.1) is 34.5 Å². The van der Waals surface area contributed by atoms with Crippen LogP contribution >= 0.6 is 0 Å². The van der Waals surface area contributed by atoms with Gasteiger partial charge in [0.05, 0.1) is 12.1 Å².